The van der Waals surface area contributed by atoms with Crippen LogP contribution in [0.3, 0.4) is 0 Å². The summed E-state index contributed by atoms with van der Waals surface area (Å²) in [7, 11) is 0. The van der Waals surface area contributed by atoms with Crippen molar-refractivity contribution in [2.75, 3.05) is 19.8 Å². The third kappa shape index (κ3) is 6.95. The third-order valence-corrected chi connectivity index (χ3v) is 3.03. The maximum absolute atomic E-state index is 5.82. The number of nitrogens with one attached hydrogen (secondary N) is 1. The van der Waals surface area contributed by atoms with Crippen LogP contribution in [0.5, 0.6) is 0 Å². The maximum Gasteiger partial charge on any atom is 0.188 e. The maximum atomic E-state index is 5.82. The highest BCUT2D eigenvalue weighted by Crippen LogP contribution is 2.08. The first kappa shape index (κ1) is 19.4. The van der Waals surface area contributed by atoms with E-state index in [-0.39, 0.29) is 24.0 Å². The second kappa shape index (κ2) is 10.9. The first-order chi connectivity index (χ1) is 10.8. The van der Waals surface area contributed by atoms with E-state index in [0.717, 1.165) is 37.4 Å². The smallest absolute Gasteiger partial charge is 0.188 e. The van der Waals surface area contributed by atoms with Crippen LogP contribution in [0.25, 0.3) is 5.69 Å². The Bertz CT molecular complexity index is 570. The molecule has 0 aliphatic rings. The number of ether oxygens (including phenoxy) is 1. The van der Waals surface area contributed by atoms with Gasteiger partial charge in [-0.05, 0) is 31.0 Å². The average molecular weight is 430 g/mol. The lowest BCUT2D eigenvalue weighted by Gasteiger charge is -2.06. The molecule has 0 bridgehead atoms. The molecule has 0 atom stereocenters. The van der Waals surface area contributed by atoms with Gasteiger partial charge in [-0.25, -0.2) is 14.7 Å². The Hall–Kier alpha value is -1.68. The lowest BCUT2D eigenvalue weighted by molar-refractivity contribution is 0.145. The van der Waals surface area contributed by atoms with E-state index in [1.165, 1.54) is 6.33 Å². The SMILES string of the molecule is CCOCCCNC(N)=NCc1ccc(-n2cncn2)cc1.I. The molecular weight excluding hydrogens is 407 g/mol. The fourth-order valence-corrected chi connectivity index (χ4v) is 1.86. The van der Waals surface area contributed by atoms with Gasteiger partial charge < -0.3 is 15.8 Å². The molecule has 1 heterocycles. The number of rotatable bonds is 8. The summed E-state index contributed by atoms with van der Waals surface area (Å²) in [4.78, 5) is 8.24. The van der Waals surface area contributed by atoms with Crippen LogP contribution < -0.4 is 11.1 Å². The van der Waals surface area contributed by atoms with Gasteiger partial charge in [-0.15, -0.1) is 24.0 Å². The molecule has 0 saturated heterocycles. The summed E-state index contributed by atoms with van der Waals surface area (Å²) in [5.74, 6) is 0.455. The lowest BCUT2D eigenvalue weighted by Crippen LogP contribution is -2.32. The Morgan fingerprint density at radius 2 is 2.13 bits per heavy atom. The van der Waals surface area contributed by atoms with E-state index in [0.29, 0.717) is 12.5 Å². The molecule has 7 nitrogen and oxygen atoms in total. The Morgan fingerprint density at radius 3 is 2.78 bits per heavy atom. The van der Waals surface area contributed by atoms with Gasteiger partial charge in [-0.1, -0.05) is 12.1 Å². The standard InChI is InChI=1S/C15H22N6O.HI/c1-2-22-9-3-8-18-15(16)19-10-13-4-6-14(7-5-13)21-12-17-11-20-21;/h4-7,11-12H,2-3,8-10H2,1H3,(H3,16,18,19);1H. The molecule has 3 N–H and O–H groups in total. The van der Waals surface area contributed by atoms with Crippen molar-refractivity contribution in [1.82, 2.24) is 20.1 Å². The molecule has 1 aromatic carbocycles. The fourth-order valence-electron chi connectivity index (χ4n) is 1.86. The number of aliphatic imine (C=N–C) groups is 1. The lowest BCUT2D eigenvalue weighted by atomic mass is 10.2. The first-order valence-corrected chi connectivity index (χ1v) is 7.35. The Labute approximate surface area is 153 Å². The minimum atomic E-state index is 0. The highest BCUT2D eigenvalue weighted by molar-refractivity contribution is 14.0. The van der Waals surface area contributed by atoms with Gasteiger partial charge in [0.1, 0.15) is 12.7 Å². The molecule has 0 spiro atoms. The normalized spacial score (nSPS) is 11.1. The van der Waals surface area contributed by atoms with Gasteiger partial charge in [0.05, 0.1) is 12.2 Å². The second-order valence-electron chi connectivity index (χ2n) is 4.69. The fraction of sp³-hybridized carbons (Fsp3) is 0.400. The molecule has 8 heteroatoms. The summed E-state index contributed by atoms with van der Waals surface area (Å²) in [5, 5.41) is 7.15. The van der Waals surface area contributed by atoms with Crippen LogP contribution in [-0.4, -0.2) is 40.5 Å². The van der Waals surface area contributed by atoms with Crippen molar-refractivity contribution in [1.29, 1.82) is 0 Å². The van der Waals surface area contributed by atoms with Crippen molar-refractivity contribution in [2.24, 2.45) is 10.7 Å². The molecule has 0 aliphatic carbocycles. The highest BCUT2D eigenvalue weighted by atomic mass is 127. The van der Waals surface area contributed by atoms with Crippen LogP contribution in [0, 0.1) is 0 Å². The van der Waals surface area contributed by atoms with E-state index in [9.17, 15) is 0 Å². The molecular formula is C15H23IN6O. The predicted octanol–water partition coefficient (Wildman–Crippen LogP) is 1.72. The zero-order valence-corrected chi connectivity index (χ0v) is 15.5. The van der Waals surface area contributed by atoms with E-state index >= 15 is 0 Å². The molecule has 2 rings (SSSR count). The van der Waals surface area contributed by atoms with Crippen molar-refractivity contribution >= 4 is 29.9 Å². The van der Waals surface area contributed by atoms with E-state index in [1.807, 2.05) is 31.2 Å². The van der Waals surface area contributed by atoms with Crippen LogP contribution in [-0.2, 0) is 11.3 Å². The molecule has 126 valence electrons. The monoisotopic (exact) mass is 430 g/mol. The Morgan fingerprint density at radius 1 is 1.35 bits per heavy atom. The summed E-state index contributed by atoms with van der Waals surface area (Å²) in [5.41, 5.74) is 7.87. The van der Waals surface area contributed by atoms with Crippen LogP contribution in [0.15, 0.2) is 41.9 Å². The van der Waals surface area contributed by atoms with Crippen molar-refractivity contribution < 1.29 is 4.74 Å². The second-order valence-corrected chi connectivity index (χ2v) is 4.69. The topological polar surface area (TPSA) is 90.3 Å². The van der Waals surface area contributed by atoms with Gasteiger partial charge in [0, 0.05) is 19.8 Å². The van der Waals surface area contributed by atoms with Gasteiger partial charge in [0.15, 0.2) is 5.96 Å². The van der Waals surface area contributed by atoms with E-state index in [2.05, 4.69) is 20.4 Å². The highest BCUT2D eigenvalue weighted by Gasteiger charge is 1.98. The zero-order chi connectivity index (χ0) is 15.6. The van der Waals surface area contributed by atoms with Crippen molar-refractivity contribution in [2.45, 2.75) is 19.9 Å². The third-order valence-electron chi connectivity index (χ3n) is 3.03. The Kier molecular flexibility index (Phi) is 9.22. The summed E-state index contributed by atoms with van der Waals surface area (Å²) < 4.78 is 6.96. The predicted molar refractivity (Wildman–Crippen MR) is 101 cm³/mol. The van der Waals surface area contributed by atoms with Crippen LogP contribution in [0.4, 0.5) is 0 Å². The van der Waals surface area contributed by atoms with E-state index < -0.39 is 0 Å². The van der Waals surface area contributed by atoms with Crippen LogP contribution in [0.2, 0.25) is 0 Å². The molecule has 2 aromatic rings. The van der Waals surface area contributed by atoms with E-state index in [4.69, 9.17) is 10.5 Å². The molecule has 0 aliphatic heterocycles. The molecule has 0 saturated carbocycles. The molecule has 23 heavy (non-hydrogen) atoms. The van der Waals surface area contributed by atoms with E-state index in [1.54, 1.807) is 11.0 Å². The molecule has 0 unspecified atom stereocenters. The quantitative estimate of drug-likeness (QED) is 0.288. The number of hydrogen-bond donors (Lipinski definition) is 2. The van der Waals surface area contributed by atoms with Gasteiger partial charge >= 0.3 is 0 Å². The van der Waals surface area contributed by atoms with Crippen molar-refractivity contribution in [3.05, 3.63) is 42.5 Å². The van der Waals surface area contributed by atoms with Gasteiger partial charge in [0.2, 0.25) is 0 Å². The van der Waals surface area contributed by atoms with Crippen LogP contribution in [0.1, 0.15) is 18.9 Å². The van der Waals surface area contributed by atoms with Gasteiger partial charge in [-0.3, -0.25) is 0 Å². The average Bonchev–Trinajstić information content (AvgIpc) is 3.08. The first-order valence-electron chi connectivity index (χ1n) is 7.35. The zero-order valence-electron chi connectivity index (χ0n) is 13.2. The number of aromatic nitrogens is 3. The van der Waals surface area contributed by atoms with Crippen molar-refractivity contribution in [3.63, 3.8) is 0 Å². The molecule has 1 aromatic heterocycles. The summed E-state index contributed by atoms with van der Waals surface area (Å²) in [6, 6.07) is 7.96. The van der Waals surface area contributed by atoms with Gasteiger partial charge in [0.25, 0.3) is 0 Å². The minimum Gasteiger partial charge on any atom is -0.382 e. The van der Waals surface area contributed by atoms with Crippen LogP contribution >= 0.6 is 24.0 Å². The largest absolute Gasteiger partial charge is 0.382 e. The summed E-state index contributed by atoms with van der Waals surface area (Å²) in [6.07, 6.45) is 4.09. The van der Waals surface area contributed by atoms with Gasteiger partial charge in [-0.2, -0.15) is 5.10 Å². The minimum absolute atomic E-state index is 0. The van der Waals surface area contributed by atoms with Crippen molar-refractivity contribution in [3.8, 4) is 5.69 Å². The number of nitrogens with two attached hydrogens (primary N) is 1. The number of benzene rings is 1. The molecule has 0 radical (unpaired) electrons. The Balaban J connectivity index is 0.00000264. The number of halogens is 1. The molecule has 0 fully saturated rings. The number of hydrogen-bond acceptors (Lipinski definition) is 4. The molecule has 0 amide bonds. The number of nitrogens with zero attached hydrogens (tertiary/aromatic N) is 4. The number of guanidine groups is 1. The summed E-state index contributed by atoms with van der Waals surface area (Å²) in [6.45, 7) is 4.77. The summed E-state index contributed by atoms with van der Waals surface area (Å²) >= 11 is 0.